The minimum Gasteiger partial charge on any atom is -0.492 e. The van der Waals surface area contributed by atoms with Gasteiger partial charge in [0.1, 0.15) is 18.2 Å². The lowest BCUT2D eigenvalue weighted by Crippen LogP contribution is -2.25. The number of hydrogen-bond donors (Lipinski definition) is 1. The third-order valence-electron chi connectivity index (χ3n) is 2.66. The van der Waals surface area contributed by atoms with Crippen molar-refractivity contribution in [3.63, 3.8) is 0 Å². The Morgan fingerprint density at radius 1 is 1.40 bits per heavy atom. The van der Waals surface area contributed by atoms with E-state index in [0.717, 1.165) is 6.26 Å². The van der Waals surface area contributed by atoms with Gasteiger partial charge in [-0.25, -0.2) is 16.8 Å². The molecule has 0 spiro atoms. The van der Waals surface area contributed by atoms with Crippen LogP contribution >= 0.6 is 0 Å². The smallest absolute Gasteiger partial charge is 0.259 e. The SMILES string of the molecule is CS(=O)(=O)CCOc1cccc2c1C(N)=NS(=O)(=O)C2. The zero-order valence-corrected chi connectivity index (χ0v) is 12.4. The summed E-state index contributed by atoms with van der Waals surface area (Å²) in [6.07, 6.45) is 1.11. The molecular weight excluding hydrogens is 304 g/mol. The van der Waals surface area contributed by atoms with Crippen molar-refractivity contribution in [1.29, 1.82) is 0 Å². The number of nitrogens with two attached hydrogens (primary N) is 1. The van der Waals surface area contributed by atoms with Crippen LogP contribution in [0.15, 0.2) is 22.6 Å². The maximum absolute atomic E-state index is 11.5. The van der Waals surface area contributed by atoms with Crippen LogP contribution in [0.2, 0.25) is 0 Å². The van der Waals surface area contributed by atoms with Gasteiger partial charge in [0.2, 0.25) is 0 Å². The van der Waals surface area contributed by atoms with E-state index in [1.807, 2.05) is 0 Å². The average molecular weight is 318 g/mol. The fraction of sp³-hybridized carbons (Fsp3) is 0.364. The Labute approximate surface area is 117 Å². The molecule has 2 N–H and O–H groups in total. The van der Waals surface area contributed by atoms with E-state index in [1.165, 1.54) is 0 Å². The molecule has 0 amide bonds. The molecule has 0 fully saturated rings. The minimum absolute atomic E-state index is 0.0324. The average Bonchev–Trinajstić information content (AvgIpc) is 2.24. The number of fused-ring (bicyclic) bond motifs is 1. The van der Waals surface area contributed by atoms with Crippen LogP contribution in [0.25, 0.3) is 0 Å². The van der Waals surface area contributed by atoms with Crippen molar-refractivity contribution < 1.29 is 21.6 Å². The van der Waals surface area contributed by atoms with E-state index in [9.17, 15) is 16.8 Å². The molecule has 9 heteroatoms. The summed E-state index contributed by atoms with van der Waals surface area (Å²) in [5.41, 5.74) is 6.56. The van der Waals surface area contributed by atoms with Crippen molar-refractivity contribution in [2.45, 2.75) is 5.75 Å². The first-order chi connectivity index (χ1) is 9.18. The van der Waals surface area contributed by atoms with Gasteiger partial charge in [-0.05, 0) is 11.6 Å². The first-order valence-electron chi connectivity index (χ1n) is 5.69. The number of sulfonamides is 1. The number of hydrogen-bond acceptors (Lipinski definition) is 6. The van der Waals surface area contributed by atoms with Gasteiger partial charge in [0.25, 0.3) is 10.0 Å². The molecule has 110 valence electrons. The van der Waals surface area contributed by atoms with Crippen LogP contribution in [0.5, 0.6) is 5.75 Å². The van der Waals surface area contributed by atoms with E-state index in [0.29, 0.717) is 16.9 Å². The van der Waals surface area contributed by atoms with E-state index >= 15 is 0 Å². The molecule has 0 unspecified atom stereocenters. The second kappa shape index (κ2) is 5.06. The maximum atomic E-state index is 11.5. The molecule has 0 saturated carbocycles. The van der Waals surface area contributed by atoms with Crippen LogP contribution < -0.4 is 10.5 Å². The van der Waals surface area contributed by atoms with E-state index < -0.39 is 19.9 Å². The molecule has 1 aromatic carbocycles. The molecule has 0 aromatic heterocycles. The summed E-state index contributed by atoms with van der Waals surface area (Å²) in [6, 6.07) is 4.85. The van der Waals surface area contributed by atoms with Crippen molar-refractivity contribution in [2.24, 2.45) is 10.1 Å². The maximum Gasteiger partial charge on any atom is 0.259 e. The molecule has 2 rings (SSSR count). The first-order valence-corrected chi connectivity index (χ1v) is 9.36. The summed E-state index contributed by atoms with van der Waals surface area (Å²) in [7, 11) is -6.72. The van der Waals surface area contributed by atoms with Crippen LogP contribution in [0.3, 0.4) is 0 Å². The van der Waals surface area contributed by atoms with Gasteiger partial charge < -0.3 is 10.5 Å². The van der Waals surface area contributed by atoms with Gasteiger partial charge in [-0.15, -0.1) is 4.40 Å². The standard InChI is InChI=1S/C11H14N2O5S2/c1-19(14,15)6-5-18-9-4-2-3-8-7-20(16,17)13-11(12)10(8)9/h2-4H,5-7H2,1H3,(H2,12,13). The zero-order valence-electron chi connectivity index (χ0n) is 10.7. The minimum atomic E-state index is -3.59. The van der Waals surface area contributed by atoms with Gasteiger partial charge in [0.05, 0.1) is 17.1 Å². The number of amidine groups is 1. The molecule has 0 saturated heterocycles. The fourth-order valence-corrected chi connectivity index (χ4v) is 3.31. The first kappa shape index (κ1) is 14.8. The number of benzene rings is 1. The number of ether oxygens (including phenoxy) is 1. The highest BCUT2D eigenvalue weighted by molar-refractivity contribution is 7.90. The summed E-state index contributed by atoms with van der Waals surface area (Å²) in [5, 5.41) is 0. The Morgan fingerprint density at radius 3 is 2.75 bits per heavy atom. The number of nitrogens with zero attached hydrogens (tertiary/aromatic N) is 1. The Morgan fingerprint density at radius 2 is 2.10 bits per heavy atom. The molecular formula is C11H14N2O5S2. The predicted molar refractivity (Wildman–Crippen MR) is 75.0 cm³/mol. The quantitative estimate of drug-likeness (QED) is 0.812. The Bertz CT molecular complexity index is 766. The summed E-state index contributed by atoms with van der Waals surface area (Å²) in [5.74, 6) is -0.179. The Kier molecular flexibility index (Phi) is 3.74. The van der Waals surface area contributed by atoms with Crippen LogP contribution in [-0.2, 0) is 25.6 Å². The topological polar surface area (TPSA) is 116 Å². The third-order valence-corrected chi connectivity index (χ3v) is 4.71. The molecule has 0 bridgehead atoms. The molecule has 1 aromatic rings. The van der Waals surface area contributed by atoms with E-state index in [1.54, 1.807) is 18.2 Å². The van der Waals surface area contributed by atoms with Crippen molar-refractivity contribution in [3.05, 3.63) is 29.3 Å². The van der Waals surface area contributed by atoms with Crippen molar-refractivity contribution in [2.75, 3.05) is 18.6 Å². The molecule has 1 aliphatic rings. The zero-order chi connectivity index (χ0) is 15.0. The van der Waals surface area contributed by atoms with Gasteiger partial charge in [-0.3, -0.25) is 0 Å². The van der Waals surface area contributed by atoms with Gasteiger partial charge >= 0.3 is 0 Å². The van der Waals surface area contributed by atoms with Crippen molar-refractivity contribution in [1.82, 2.24) is 0 Å². The predicted octanol–water partition coefficient (Wildman–Crippen LogP) is -0.341. The largest absolute Gasteiger partial charge is 0.492 e. The molecule has 1 aliphatic heterocycles. The lowest BCUT2D eigenvalue weighted by Gasteiger charge is -2.17. The molecule has 7 nitrogen and oxygen atoms in total. The lowest BCUT2D eigenvalue weighted by molar-refractivity contribution is 0.340. The van der Waals surface area contributed by atoms with Crippen LogP contribution in [0, 0.1) is 0 Å². The number of sulfone groups is 1. The highest BCUT2D eigenvalue weighted by Gasteiger charge is 2.25. The summed E-state index contributed by atoms with van der Waals surface area (Å²) < 4.78 is 53.9. The van der Waals surface area contributed by atoms with Crippen LogP contribution in [0.1, 0.15) is 11.1 Å². The fourth-order valence-electron chi connectivity index (χ4n) is 1.84. The summed E-state index contributed by atoms with van der Waals surface area (Å²) >= 11 is 0. The molecule has 0 aliphatic carbocycles. The molecule has 0 atom stereocenters. The van der Waals surface area contributed by atoms with Crippen molar-refractivity contribution >= 4 is 25.7 Å². The van der Waals surface area contributed by atoms with E-state index in [2.05, 4.69) is 4.40 Å². The van der Waals surface area contributed by atoms with Gasteiger partial charge in [-0.1, -0.05) is 12.1 Å². The second-order valence-corrected chi connectivity index (χ2v) is 8.37. The Hall–Kier alpha value is -1.61. The lowest BCUT2D eigenvalue weighted by atomic mass is 10.1. The Balaban J connectivity index is 2.30. The van der Waals surface area contributed by atoms with Gasteiger partial charge in [0.15, 0.2) is 9.84 Å². The summed E-state index contributed by atoms with van der Waals surface area (Å²) in [6.45, 7) is -0.0324. The normalized spacial score (nSPS) is 17.1. The second-order valence-electron chi connectivity index (χ2n) is 4.47. The molecule has 20 heavy (non-hydrogen) atoms. The molecule has 1 heterocycles. The van der Waals surface area contributed by atoms with Gasteiger partial charge in [-0.2, -0.15) is 0 Å². The molecule has 0 radical (unpaired) electrons. The van der Waals surface area contributed by atoms with Crippen molar-refractivity contribution in [3.8, 4) is 5.75 Å². The van der Waals surface area contributed by atoms with E-state index in [-0.39, 0.29) is 23.9 Å². The number of rotatable bonds is 4. The highest BCUT2D eigenvalue weighted by atomic mass is 32.2. The van der Waals surface area contributed by atoms with E-state index in [4.69, 9.17) is 10.5 Å². The van der Waals surface area contributed by atoms with Gasteiger partial charge in [0, 0.05) is 6.26 Å². The monoisotopic (exact) mass is 318 g/mol. The van der Waals surface area contributed by atoms with Crippen LogP contribution in [0.4, 0.5) is 0 Å². The third kappa shape index (κ3) is 3.48. The summed E-state index contributed by atoms with van der Waals surface area (Å²) in [4.78, 5) is 0. The highest BCUT2D eigenvalue weighted by Crippen LogP contribution is 2.27. The van der Waals surface area contributed by atoms with Crippen LogP contribution in [-0.4, -0.2) is 41.3 Å².